The van der Waals surface area contributed by atoms with Crippen LogP contribution in [0.5, 0.6) is 0 Å². The Kier molecular flexibility index (Phi) is 12.1. The maximum absolute atomic E-state index is 10.7. The third kappa shape index (κ3) is 8.89. The lowest BCUT2D eigenvalue weighted by molar-refractivity contribution is 0.0257. The Morgan fingerprint density at radius 2 is 1.88 bits per heavy atom. The van der Waals surface area contributed by atoms with E-state index in [0.717, 1.165) is 43.7 Å². The highest BCUT2D eigenvalue weighted by atomic mass is 127. The quantitative estimate of drug-likeness (QED) is 0.278. The Balaban J connectivity index is 0.00000576. The summed E-state index contributed by atoms with van der Waals surface area (Å²) in [7, 11) is 0. The largest absolute Gasteiger partial charge is 0.388 e. The van der Waals surface area contributed by atoms with Crippen LogP contribution in [0.4, 0.5) is 0 Å². The van der Waals surface area contributed by atoms with E-state index in [1.54, 1.807) is 0 Å². The summed E-state index contributed by atoms with van der Waals surface area (Å²) in [5.41, 5.74) is 0.259. The fourth-order valence-corrected chi connectivity index (χ4v) is 2.66. The molecule has 0 spiro atoms. The van der Waals surface area contributed by atoms with Crippen LogP contribution in [0.25, 0.3) is 0 Å². The van der Waals surface area contributed by atoms with Gasteiger partial charge >= 0.3 is 0 Å². The summed E-state index contributed by atoms with van der Waals surface area (Å²) in [6.45, 7) is 12.1. The van der Waals surface area contributed by atoms with Gasteiger partial charge in [0.15, 0.2) is 11.7 Å². The predicted octanol–water partition coefficient (Wildman–Crippen LogP) is 3.80. The Morgan fingerprint density at radius 1 is 1.24 bits per heavy atom. The molecule has 0 atom stereocenters. The third-order valence-electron chi connectivity index (χ3n) is 3.92. The molecular formula is C18H35IN4O2. The number of aliphatic imine (C=N–C) groups is 1. The molecule has 25 heavy (non-hydrogen) atoms. The van der Waals surface area contributed by atoms with E-state index in [2.05, 4.69) is 48.5 Å². The van der Waals surface area contributed by atoms with E-state index < -0.39 is 5.60 Å². The molecule has 0 aliphatic rings. The number of aliphatic hydroxyl groups is 1. The average molecular weight is 466 g/mol. The van der Waals surface area contributed by atoms with E-state index in [4.69, 9.17) is 4.52 Å². The van der Waals surface area contributed by atoms with Gasteiger partial charge in [-0.05, 0) is 25.7 Å². The SMILES string of the molecule is CCCC(O)(CCC)CNC(=NCc1cc(C(C)C)no1)NCC.I. The monoisotopic (exact) mass is 466 g/mol. The van der Waals surface area contributed by atoms with Crippen molar-refractivity contribution >= 4 is 29.9 Å². The molecule has 0 amide bonds. The molecule has 3 N–H and O–H groups in total. The van der Waals surface area contributed by atoms with Gasteiger partial charge in [-0.3, -0.25) is 0 Å². The minimum Gasteiger partial charge on any atom is -0.388 e. The van der Waals surface area contributed by atoms with Crippen LogP contribution >= 0.6 is 24.0 Å². The molecule has 0 aliphatic carbocycles. The Morgan fingerprint density at radius 3 is 2.36 bits per heavy atom. The van der Waals surface area contributed by atoms with Crippen molar-refractivity contribution in [3.63, 3.8) is 0 Å². The summed E-state index contributed by atoms with van der Waals surface area (Å²) in [6.07, 6.45) is 3.49. The third-order valence-corrected chi connectivity index (χ3v) is 3.92. The van der Waals surface area contributed by atoms with Crippen molar-refractivity contribution in [3.05, 3.63) is 17.5 Å². The van der Waals surface area contributed by atoms with E-state index >= 15 is 0 Å². The molecule has 0 radical (unpaired) electrons. The van der Waals surface area contributed by atoms with E-state index in [1.807, 2.05) is 13.0 Å². The summed E-state index contributed by atoms with van der Waals surface area (Å²) >= 11 is 0. The van der Waals surface area contributed by atoms with Crippen molar-refractivity contribution in [3.8, 4) is 0 Å². The molecule has 0 saturated heterocycles. The molecule has 0 fully saturated rings. The fourth-order valence-electron chi connectivity index (χ4n) is 2.66. The van der Waals surface area contributed by atoms with Gasteiger partial charge in [0, 0.05) is 19.2 Å². The molecule has 1 rings (SSSR count). The summed E-state index contributed by atoms with van der Waals surface area (Å²) in [4.78, 5) is 4.53. The maximum atomic E-state index is 10.7. The first-order valence-electron chi connectivity index (χ1n) is 9.14. The van der Waals surface area contributed by atoms with Gasteiger partial charge in [-0.1, -0.05) is 45.7 Å². The number of hydrogen-bond donors (Lipinski definition) is 3. The summed E-state index contributed by atoms with van der Waals surface area (Å²) in [6, 6.07) is 1.95. The molecular weight excluding hydrogens is 431 g/mol. The normalized spacial score (nSPS) is 12.2. The molecule has 0 unspecified atom stereocenters. The van der Waals surface area contributed by atoms with Gasteiger partial charge in [0.25, 0.3) is 0 Å². The lowest BCUT2D eigenvalue weighted by Crippen LogP contribution is -2.47. The van der Waals surface area contributed by atoms with E-state index in [1.165, 1.54) is 0 Å². The predicted molar refractivity (Wildman–Crippen MR) is 114 cm³/mol. The van der Waals surface area contributed by atoms with Gasteiger partial charge in [-0.15, -0.1) is 24.0 Å². The number of hydrogen-bond acceptors (Lipinski definition) is 4. The van der Waals surface area contributed by atoms with Crippen LogP contribution in [0.1, 0.15) is 77.7 Å². The van der Waals surface area contributed by atoms with E-state index in [9.17, 15) is 5.11 Å². The van der Waals surface area contributed by atoms with E-state index in [0.29, 0.717) is 25.0 Å². The van der Waals surface area contributed by atoms with Gasteiger partial charge < -0.3 is 20.3 Å². The van der Waals surface area contributed by atoms with Crippen molar-refractivity contribution in [2.24, 2.45) is 4.99 Å². The van der Waals surface area contributed by atoms with Gasteiger partial charge in [0.05, 0.1) is 11.3 Å². The topological polar surface area (TPSA) is 82.7 Å². The summed E-state index contributed by atoms with van der Waals surface area (Å²) < 4.78 is 5.32. The molecule has 6 nitrogen and oxygen atoms in total. The van der Waals surface area contributed by atoms with Crippen LogP contribution in [-0.4, -0.2) is 34.9 Å². The number of halogens is 1. The van der Waals surface area contributed by atoms with Crippen LogP contribution in [0, 0.1) is 0 Å². The number of guanidine groups is 1. The van der Waals surface area contributed by atoms with Gasteiger partial charge in [0.1, 0.15) is 6.54 Å². The molecule has 1 heterocycles. The first kappa shape index (κ1) is 24.2. The molecule has 0 bridgehead atoms. The van der Waals surface area contributed by atoms with Gasteiger partial charge in [-0.25, -0.2) is 4.99 Å². The molecule has 146 valence electrons. The first-order valence-corrected chi connectivity index (χ1v) is 9.14. The second-order valence-electron chi connectivity index (χ2n) is 6.65. The Bertz CT molecular complexity index is 497. The van der Waals surface area contributed by atoms with Crippen molar-refractivity contribution in [1.29, 1.82) is 0 Å². The van der Waals surface area contributed by atoms with Crippen LogP contribution in [-0.2, 0) is 6.54 Å². The molecule has 0 aliphatic heterocycles. The summed E-state index contributed by atoms with van der Waals surface area (Å²) in [5.74, 6) is 1.77. The number of aromatic nitrogens is 1. The van der Waals surface area contributed by atoms with Crippen molar-refractivity contribution in [2.75, 3.05) is 13.1 Å². The summed E-state index contributed by atoms with van der Waals surface area (Å²) in [5, 5.41) is 21.2. The first-order chi connectivity index (χ1) is 11.4. The molecule has 0 saturated carbocycles. The van der Waals surface area contributed by atoms with Crippen molar-refractivity contribution < 1.29 is 9.63 Å². The standard InChI is InChI=1S/C18H34N4O2.HI/c1-6-9-18(23,10-7-2)13-21-17(19-8-3)20-12-15-11-16(14(4)5)22-24-15;/h11,14,23H,6-10,12-13H2,1-5H3,(H2,19,20,21);1H. The number of nitrogens with zero attached hydrogens (tertiary/aromatic N) is 2. The van der Waals surface area contributed by atoms with Gasteiger partial charge in [-0.2, -0.15) is 0 Å². The molecule has 1 aromatic rings. The zero-order valence-corrected chi connectivity index (χ0v) is 18.6. The zero-order valence-electron chi connectivity index (χ0n) is 16.3. The van der Waals surface area contributed by atoms with Gasteiger partial charge in [0.2, 0.25) is 0 Å². The molecule has 1 aromatic heterocycles. The second kappa shape index (κ2) is 12.5. The lowest BCUT2D eigenvalue weighted by Gasteiger charge is -2.28. The van der Waals surface area contributed by atoms with Crippen LogP contribution in [0.15, 0.2) is 15.6 Å². The zero-order chi connectivity index (χ0) is 18.0. The molecule has 7 heteroatoms. The van der Waals surface area contributed by atoms with E-state index in [-0.39, 0.29) is 24.0 Å². The van der Waals surface area contributed by atoms with Crippen LogP contribution < -0.4 is 10.6 Å². The number of rotatable bonds is 10. The number of nitrogens with one attached hydrogen (secondary N) is 2. The Hall–Kier alpha value is -0.830. The lowest BCUT2D eigenvalue weighted by atomic mass is 9.93. The van der Waals surface area contributed by atoms with Crippen LogP contribution in [0.3, 0.4) is 0 Å². The highest BCUT2D eigenvalue weighted by Gasteiger charge is 2.24. The van der Waals surface area contributed by atoms with Crippen molar-refractivity contribution in [2.45, 2.75) is 78.4 Å². The fraction of sp³-hybridized carbons (Fsp3) is 0.778. The van der Waals surface area contributed by atoms with Crippen molar-refractivity contribution in [1.82, 2.24) is 15.8 Å². The minimum atomic E-state index is -0.684. The maximum Gasteiger partial charge on any atom is 0.191 e. The minimum absolute atomic E-state index is 0. The highest BCUT2D eigenvalue weighted by Crippen LogP contribution is 2.18. The average Bonchev–Trinajstić information content (AvgIpc) is 3.00. The molecule has 0 aromatic carbocycles. The Labute approximate surface area is 169 Å². The highest BCUT2D eigenvalue weighted by molar-refractivity contribution is 14.0. The van der Waals surface area contributed by atoms with Crippen LogP contribution in [0.2, 0.25) is 0 Å². The smallest absolute Gasteiger partial charge is 0.191 e. The second-order valence-corrected chi connectivity index (χ2v) is 6.65.